The topological polar surface area (TPSA) is 74.3 Å². The van der Waals surface area contributed by atoms with Crippen LogP contribution in [0.5, 0.6) is 0 Å². The summed E-state index contributed by atoms with van der Waals surface area (Å²) in [5.41, 5.74) is 0.978. The standard InChI is InChI=1S/C18H19F3N4O2S/c19-18(20,21)15(26)22-10-13-8-4-5-9-25(13)17(27)24-16-23-11-14(28-16)12-6-2-1-3-7-12/h1-3,6-7,11,13H,4-5,8-10H2,(H,22,26)(H,23,24,27). The molecule has 2 heterocycles. The van der Waals surface area contributed by atoms with Crippen molar-refractivity contribution in [3.8, 4) is 10.4 Å². The lowest BCUT2D eigenvalue weighted by Gasteiger charge is -2.35. The van der Waals surface area contributed by atoms with E-state index >= 15 is 0 Å². The van der Waals surface area contributed by atoms with Crippen LogP contribution in [0.3, 0.4) is 0 Å². The summed E-state index contributed by atoms with van der Waals surface area (Å²) in [4.78, 5) is 30.2. The Kier molecular flexibility index (Phi) is 6.18. The van der Waals surface area contributed by atoms with Crippen LogP contribution in [0.1, 0.15) is 19.3 Å². The molecule has 1 aromatic heterocycles. The van der Waals surface area contributed by atoms with Crippen molar-refractivity contribution in [1.29, 1.82) is 0 Å². The molecular weight excluding hydrogens is 393 g/mol. The maximum atomic E-state index is 12.6. The molecule has 0 radical (unpaired) electrons. The first-order valence-corrected chi connectivity index (χ1v) is 9.60. The summed E-state index contributed by atoms with van der Waals surface area (Å²) in [6.45, 7) is 0.175. The number of hydrogen-bond acceptors (Lipinski definition) is 4. The molecule has 2 aromatic rings. The highest BCUT2D eigenvalue weighted by Crippen LogP contribution is 2.29. The summed E-state index contributed by atoms with van der Waals surface area (Å²) in [5, 5.41) is 4.99. The zero-order valence-corrected chi connectivity index (χ0v) is 15.6. The summed E-state index contributed by atoms with van der Waals surface area (Å²) in [6.07, 6.45) is -1.21. The molecule has 10 heteroatoms. The van der Waals surface area contributed by atoms with E-state index < -0.39 is 24.2 Å². The number of anilines is 1. The molecule has 3 rings (SSSR count). The van der Waals surface area contributed by atoms with E-state index in [0.29, 0.717) is 18.1 Å². The molecule has 1 saturated heterocycles. The minimum Gasteiger partial charge on any atom is -0.346 e. The number of halogens is 3. The maximum Gasteiger partial charge on any atom is 0.471 e. The summed E-state index contributed by atoms with van der Waals surface area (Å²) in [5.74, 6) is -1.99. The van der Waals surface area contributed by atoms with Gasteiger partial charge in [0.1, 0.15) is 0 Å². The van der Waals surface area contributed by atoms with E-state index in [1.807, 2.05) is 35.6 Å². The second kappa shape index (κ2) is 8.59. The van der Waals surface area contributed by atoms with Crippen molar-refractivity contribution in [2.75, 3.05) is 18.4 Å². The number of carbonyl (C=O) groups excluding carboxylic acids is 2. The molecule has 1 aromatic carbocycles. The molecular formula is C18H19F3N4O2S. The third-order valence-electron chi connectivity index (χ3n) is 4.42. The number of likely N-dealkylation sites (tertiary alicyclic amines) is 1. The average molecular weight is 412 g/mol. The van der Waals surface area contributed by atoms with Crippen LogP contribution in [0.15, 0.2) is 36.5 Å². The highest BCUT2D eigenvalue weighted by atomic mass is 32.1. The van der Waals surface area contributed by atoms with Crippen molar-refractivity contribution in [2.45, 2.75) is 31.5 Å². The van der Waals surface area contributed by atoms with Crippen molar-refractivity contribution in [2.24, 2.45) is 0 Å². The number of benzene rings is 1. The number of hydrogen-bond donors (Lipinski definition) is 2. The molecule has 1 fully saturated rings. The summed E-state index contributed by atoms with van der Waals surface area (Å²) >= 11 is 1.31. The largest absolute Gasteiger partial charge is 0.471 e. The number of nitrogens with zero attached hydrogens (tertiary/aromatic N) is 2. The van der Waals surface area contributed by atoms with Gasteiger partial charge in [0.05, 0.1) is 10.9 Å². The number of rotatable bonds is 4. The zero-order valence-electron chi connectivity index (χ0n) is 14.8. The summed E-state index contributed by atoms with van der Waals surface area (Å²) in [6, 6.07) is 8.66. The SMILES string of the molecule is O=C(Nc1ncc(-c2ccccc2)s1)N1CCCCC1CNC(=O)C(F)(F)F. The fourth-order valence-electron chi connectivity index (χ4n) is 3.02. The molecule has 3 amide bonds. The minimum absolute atomic E-state index is 0.237. The smallest absolute Gasteiger partial charge is 0.346 e. The van der Waals surface area contributed by atoms with Crippen LogP contribution in [0.4, 0.5) is 23.1 Å². The van der Waals surface area contributed by atoms with Crippen LogP contribution in [-0.4, -0.2) is 47.1 Å². The molecule has 28 heavy (non-hydrogen) atoms. The maximum absolute atomic E-state index is 12.6. The van der Waals surface area contributed by atoms with E-state index in [1.54, 1.807) is 6.20 Å². The second-order valence-corrected chi connectivity index (χ2v) is 7.41. The van der Waals surface area contributed by atoms with Gasteiger partial charge in [-0.25, -0.2) is 9.78 Å². The fraction of sp³-hybridized carbons (Fsp3) is 0.389. The number of urea groups is 1. The summed E-state index contributed by atoms with van der Waals surface area (Å²) in [7, 11) is 0. The van der Waals surface area contributed by atoms with E-state index in [-0.39, 0.29) is 6.54 Å². The summed E-state index contributed by atoms with van der Waals surface area (Å²) < 4.78 is 37.1. The number of thiazole rings is 1. The van der Waals surface area contributed by atoms with Gasteiger partial charge < -0.3 is 10.2 Å². The first-order valence-electron chi connectivity index (χ1n) is 8.78. The quantitative estimate of drug-likeness (QED) is 0.801. The number of carbonyl (C=O) groups is 2. The molecule has 1 aliphatic heterocycles. The minimum atomic E-state index is -4.93. The molecule has 150 valence electrons. The van der Waals surface area contributed by atoms with Gasteiger partial charge in [-0.15, -0.1) is 0 Å². The van der Waals surface area contributed by atoms with Crippen molar-refractivity contribution >= 4 is 28.4 Å². The molecule has 0 aliphatic carbocycles. The Morgan fingerprint density at radius 1 is 1.21 bits per heavy atom. The molecule has 6 nitrogen and oxygen atoms in total. The molecule has 1 unspecified atom stereocenters. The van der Waals surface area contributed by atoms with Gasteiger partial charge in [0.2, 0.25) is 0 Å². The fourth-order valence-corrected chi connectivity index (χ4v) is 3.83. The van der Waals surface area contributed by atoms with Gasteiger partial charge in [-0.3, -0.25) is 10.1 Å². The monoisotopic (exact) mass is 412 g/mol. The van der Waals surface area contributed by atoms with Crippen molar-refractivity contribution in [3.05, 3.63) is 36.5 Å². The molecule has 1 atom stereocenters. The van der Waals surface area contributed by atoms with Crippen LogP contribution < -0.4 is 10.6 Å². The first kappa shape index (κ1) is 20.1. The normalized spacial score (nSPS) is 17.2. The van der Waals surface area contributed by atoms with Gasteiger partial charge in [0.15, 0.2) is 5.13 Å². The van der Waals surface area contributed by atoms with Gasteiger partial charge in [0.25, 0.3) is 0 Å². The van der Waals surface area contributed by atoms with Crippen molar-refractivity contribution in [1.82, 2.24) is 15.2 Å². The van der Waals surface area contributed by atoms with Crippen molar-refractivity contribution < 1.29 is 22.8 Å². The van der Waals surface area contributed by atoms with Crippen LogP contribution in [0.2, 0.25) is 0 Å². The number of nitrogens with one attached hydrogen (secondary N) is 2. The number of aromatic nitrogens is 1. The highest BCUT2D eigenvalue weighted by molar-refractivity contribution is 7.19. The first-order chi connectivity index (χ1) is 13.3. The molecule has 1 aliphatic rings. The number of piperidine rings is 1. The van der Waals surface area contributed by atoms with E-state index in [9.17, 15) is 22.8 Å². The lowest BCUT2D eigenvalue weighted by Crippen LogP contribution is -2.52. The third-order valence-corrected chi connectivity index (χ3v) is 5.38. The molecule has 0 saturated carbocycles. The van der Waals surface area contributed by atoms with Gasteiger partial charge >= 0.3 is 18.1 Å². The lowest BCUT2D eigenvalue weighted by molar-refractivity contribution is -0.173. The van der Waals surface area contributed by atoms with Crippen molar-refractivity contribution in [3.63, 3.8) is 0 Å². The van der Waals surface area contributed by atoms with E-state index in [0.717, 1.165) is 23.3 Å². The number of alkyl halides is 3. The van der Waals surface area contributed by atoms with E-state index in [2.05, 4.69) is 10.3 Å². The molecule has 2 N–H and O–H groups in total. The Morgan fingerprint density at radius 3 is 2.68 bits per heavy atom. The Labute approximate surface area is 163 Å². The van der Waals surface area contributed by atoms with Gasteiger partial charge in [-0.2, -0.15) is 13.2 Å². The third kappa shape index (κ3) is 5.00. The molecule has 0 bridgehead atoms. The lowest BCUT2D eigenvalue weighted by atomic mass is 10.0. The Hall–Kier alpha value is -2.62. The van der Waals surface area contributed by atoms with Gasteiger partial charge in [0, 0.05) is 19.3 Å². The highest BCUT2D eigenvalue weighted by Gasteiger charge is 2.39. The Bertz CT molecular complexity index is 826. The van der Waals surface area contributed by atoms with Crippen LogP contribution in [0, 0.1) is 0 Å². The van der Waals surface area contributed by atoms with Crippen LogP contribution >= 0.6 is 11.3 Å². The van der Waals surface area contributed by atoms with Gasteiger partial charge in [-0.05, 0) is 24.8 Å². The zero-order chi connectivity index (χ0) is 20.1. The van der Waals surface area contributed by atoms with Crippen LogP contribution in [-0.2, 0) is 4.79 Å². The van der Waals surface area contributed by atoms with Gasteiger partial charge in [-0.1, -0.05) is 41.7 Å². The predicted molar refractivity (Wildman–Crippen MR) is 100.0 cm³/mol. The van der Waals surface area contributed by atoms with Crippen LogP contribution in [0.25, 0.3) is 10.4 Å². The van der Waals surface area contributed by atoms with E-state index in [1.165, 1.54) is 16.2 Å². The number of amides is 3. The Balaban J connectivity index is 1.62. The Morgan fingerprint density at radius 2 is 1.96 bits per heavy atom. The average Bonchev–Trinajstić information content (AvgIpc) is 3.14. The molecule has 0 spiro atoms. The second-order valence-electron chi connectivity index (χ2n) is 6.38. The predicted octanol–water partition coefficient (Wildman–Crippen LogP) is 3.88. The van der Waals surface area contributed by atoms with E-state index in [4.69, 9.17) is 0 Å².